The van der Waals surface area contributed by atoms with Gasteiger partial charge in [-0.3, -0.25) is 9.69 Å². The van der Waals surface area contributed by atoms with E-state index in [0.29, 0.717) is 19.7 Å². The van der Waals surface area contributed by atoms with Crippen molar-refractivity contribution in [1.29, 1.82) is 0 Å². The lowest BCUT2D eigenvalue weighted by Crippen LogP contribution is -2.33. The van der Waals surface area contributed by atoms with Gasteiger partial charge in [-0.1, -0.05) is 6.07 Å². The number of ether oxygens (including phenoxy) is 2. The topological polar surface area (TPSA) is 50.8 Å². The molecule has 0 spiro atoms. The van der Waals surface area contributed by atoms with Crippen LogP contribution in [-0.4, -0.2) is 44.7 Å². The first-order chi connectivity index (χ1) is 12.6. The molecule has 0 aromatic heterocycles. The van der Waals surface area contributed by atoms with Crippen molar-refractivity contribution in [3.8, 4) is 11.5 Å². The number of carbonyl (C=O) groups excluding carboxylic acids is 1. The summed E-state index contributed by atoms with van der Waals surface area (Å²) < 4.78 is 10.8. The molecule has 1 N–H and O–H groups in total. The molecule has 0 atom stereocenters. The number of benzene rings is 2. The molecule has 0 radical (unpaired) electrons. The van der Waals surface area contributed by atoms with Crippen molar-refractivity contribution < 1.29 is 14.3 Å². The smallest absolute Gasteiger partial charge is 0.238 e. The molecule has 0 aliphatic heterocycles. The summed E-state index contributed by atoms with van der Waals surface area (Å²) in [4.78, 5) is 14.2. The van der Waals surface area contributed by atoms with Crippen LogP contribution in [0.4, 0.5) is 5.69 Å². The van der Waals surface area contributed by atoms with E-state index in [0.717, 1.165) is 30.0 Å². The van der Waals surface area contributed by atoms with Gasteiger partial charge in [-0.05, 0) is 73.8 Å². The Balaban J connectivity index is 1.39. The number of hydrogen-bond donors (Lipinski definition) is 1. The summed E-state index contributed by atoms with van der Waals surface area (Å²) >= 11 is 0. The van der Waals surface area contributed by atoms with Crippen molar-refractivity contribution in [2.45, 2.75) is 19.3 Å². The van der Waals surface area contributed by atoms with Crippen molar-refractivity contribution in [2.24, 2.45) is 0 Å². The Morgan fingerprint density at radius 2 is 1.81 bits per heavy atom. The van der Waals surface area contributed by atoms with Crippen LogP contribution in [0.25, 0.3) is 0 Å². The van der Waals surface area contributed by atoms with E-state index in [1.807, 2.05) is 42.3 Å². The molecule has 5 heteroatoms. The standard InChI is InChI=1S/C21H26N2O3/c1-23(12-13-26-20-10-8-19(25-2)9-11-20)15-21(24)22-18-7-6-16-4-3-5-17(16)14-18/h6-11,14H,3-5,12-13,15H2,1-2H3,(H,22,24). The number of methoxy groups -OCH3 is 1. The third-order valence-corrected chi connectivity index (χ3v) is 4.60. The summed E-state index contributed by atoms with van der Waals surface area (Å²) in [5, 5.41) is 2.99. The van der Waals surface area contributed by atoms with Gasteiger partial charge in [-0.25, -0.2) is 0 Å². The van der Waals surface area contributed by atoms with Crippen molar-refractivity contribution in [3.05, 3.63) is 53.6 Å². The molecule has 0 saturated carbocycles. The molecule has 0 bridgehead atoms. The molecule has 0 saturated heterocycles. The number of fused-ring (bicyclic) bond motifs is 1. The molecular formula is C21H26N2O3. The number of amides is 1. The highest BCUT2D eigenvalue weighted by Gasteiger charge is 2.12. The number of hydrogen-bond acceptors (Lipinski definition) is 4. The highest BCUT2D eigenvalue weighted by molar-refractivity contribution is 5.92. The largest absolute Gasteiger partial charge is 0.497 e. The van der Waals surface area contributed by atoms with Crippen LogP contribution < -0.4 is 14.8 Å². The second-order valence-electron chi connectivity index (χ2n) is 6.65. The Morgan fingerprint density at radius 1 is 1.08 bits per heavy atom. The van der Waals surface area contributed by atoms with Crippen LogP contribution in [0.3, 0.4) is 0 Å². The first kappa shape index (κ1) is 18.3. The maximum Gasteiger partial charge on any atom is 0.238 e. The zero-order chi connectivity index (χ0) is 18.4. The summed E-state index contributed by atoms with van der Waals surface area (Å²) in [5.74, 6) is 1.59. The number of rotatable bonds is 8. The minimum absolute atomic E-state index is 0.00473. The quantitative estimate of drug-likeness (QED) is 0.791. The Kier molecular flexibility index (Phi) is 6.12. The predicted molar refractivity (Wildman–Crippen MR) is 103 cm³/mol. The van der Waals surface area contributed by atoms with Crippen LogP contribution in [0, 0.1) is 0 Å². The zero-order valence-electron chi connectivity index (χ0n) is 15.5. The van der Waals surface area contributed by atoms with Gasteiger partial charge in [0.2, 0.25) is 5.91 Å². The maximum atomic E-state index is 12.2. The Morgan fingerprint density at radius 3 is 2.58 bits per heavy atom. The second-order valence-corrected chi connectivity index (χ2v) is 6.65. The van der Waals surface area contributed by atoms with E-state index in [1.165, 1.54) is 17.5 Å². The van der Waals surface area contributed by atoms with E-state index in [9.17, 15) is 4.79 Å². The van der Waals surface area contributed by atoms with Crippen molar-refractivity contribution in [3.63, 3.8) is 0 Å². The Labute approximate surface area is 154 Å². The molecule has 2 aromatic carbocycles. The van der Waals surface area contributed by atoms with Gasteiger partial charge in [0.05, 0.1) is 13.7 Å². The van der Waals surface area contributed by atoms with Gasteiger partial charge in [-0.2, -0.15) is 0 Å². The number of nitrogens with one attached hydrogen (secondary N) is 1. The monoisotopic (exact) mass is 354 g/mol. The molecule has 3 rings (SSSR count). The minimum Gasteiger partial charge on any atom is -0.497 e. The molecule has 5 nitrogen and oxygen atoms in total. The Bertz CT molecular complexity index is 743. The molecule has 26 heavy (non-hydrogen) atoms. The fraction of sp³-hybridized carbons (Fsp3) is 0.381. The van der Waals surface area contributed by atoms with Gasteiger partial charge in [0.1, 0.15) is 18.1 Å². The van der Waals surface area contributed by atoms with E-state index in [2.05, 4.69) is 17.4 Å². The van der Waals surface area contributed by atoms with Crippen LogP contribution in [-0.2, 0) is 17.6 Å². The molecule has 138 valence electrons. The lowest BCUT2D eigenvalue weighted by atomic mass is 10.1. The van der Waals surface area contributed by atoms with E-state index >= 15 is 0 Å². The molecule has 1 amide bonds. The van der Waals surface area contributed by atoms with Crippen LogP contribution in [0.1, 0.15) is 17.5 Å². The third kappa shape index (κ3) is 4.99. The molecule has 1 aliphatic carbocycles. The van der Waals surface area contributed by atoms with Gasteiger partial charge in [0.25, 0.3) is 0 Å². The SMILES string of the molecule is COc1ccc(OCCN(C)CC(=O)Nc2ccc3c(c2)CCC3)cc1. The molecular weight excluding hydrogens is 328 g/mol. The van der Waals surface area contributed by atoms with Crippen LogP contribution in [0.2, 0.25) is 0 Å². The zero-order valence-corrected chi connectivity index (χ0v) is 15.5. The number of nitrogens with zero attached hydrogens (tertiary/aromatic N) is 1. The van der Waals surface area contributed by atoms with Crippen molar-refractivity contribution in [1.82, 2.24) is 4.90 Å². The van der Waals surface area contributed by atoms with Gasteiger partial charge in [0.15, 0.2) is 0 Å². The lowest BCUT2D eigenvalue weighted by Gasteiger charge is -2.17. The Hall–Kier alpha value is -2.53. The van der Waals surface area contributed by atoms with Gasteiger partial charge >= 0.3 is 0 Å². The first-order valence-electron chi connectivity index (χ1n) is 9.01. The average Bonchev–Trinajstić information content (AvgIpc) is 3.10. The first-order valence-corrected chi connectivity index (χ1v) is 9.01. The highest BCUT2D eigenvalue weighted by atomic mass is 16.5. The van der Waals surface area contributed by atoms with Crippen LogP contribution in [0.5, 0.6) is 11.5 Å². The van der Waals surface area contributed by atoms with Gasteiger partial charge in [-0.15, -0.1) is 0 Å². The molecule has 1 aliphatic rings. The maximum absolute atomic E-state index is 12.2. The number of aryl methyl sites for hydroxylation is 2. The summed E-state index contributed by atoms with van der Waals surface area (Å²) in [6.07, 6.45) is 3.48. The van der Waals surface area contributed by atoms with Crippen LogP contribution in [0.15, 0.2) is 42.5 Å². The fourth-order valence-corrected chi connectivity index (χ4v) is 3.17. The van der Waals surface area contributed by atoms with Crippen molar-refractivity contribution in [2.75, 3.05) is 39.2 Å². The molecule has 0 heterocycles. The lowest BCUT2D eigenvalue weighted by molar-refractivity contribution is -0.117. The van der Waals surface area contributed by atoms with Gasteiger partial charge in [0, 0.05) is 12.2 Å². The van der Waals surface area contributed by atoms with Crippen molar-refractivity contribution >= 4 is 11.6 Å². The third-order valence-electron chi connectivity index (χ3n) is 4.60. The fourth-order valence-electron chi connectivity index (χ4n) is 3.17. The highest BCUT2D eigenvalue weighted by Crippen LogP contribution is 2.24. The predicted octanol–water partition coefficient (Wildman–Crippen LogP) is 3.13. The summed E-state index contributed by atoms with van der Waals surface area (Å²) in [6.45, 7) is 1.53. The summed E-state index contributed by atoms with van der Waals surface area (Å²) in [7, 11) is 3.55. The van der Waals surface area contributed by atoms with E-state index in [-0.39, 0.29) is 5.91 Å². The second kappa shape index (κ2) is 8.72. The number of likely N-dealkylation sites (N-methyl/N-ethyl adjacent to an activating group) is 1. The average molecular weight is 354 g/mol. The van der Waals surface area contributed by atoms with Crippen LogP contribution >= 0.6 is 0 Å². The molecule has 2 aromatic rings. The number of anilines is 1. The minimum atomic E-state index is -0.00473. The summed E-state index contributed by atoms with van der Waals surface area (Å²) in [5.41, 5.74) is 3.67. The molecule has 0 unspecified atom stereocenters. The normalized spacial score (nSPS) is 12.7. The van der Waals surface area contributed by atoms with E-state index in [4.69, 9.17) is 9.47 Å². The van der Waals surface area contributed by atoms with E-state index < -0.39 is 0 Å². The molecule has 0 fully saturated rings. The van der Waals surface area contributed by atoms with E-state index in [1.54, 1.807) is 7.11 Å². The summed E-state index contributed by atoms with van der Waals surface area (Å²) in [6, 6.07) is 13.7. The number of carbonyl (C=O) groups is 1. The van der Waals surface area contributed by atoms with Gasteiger partial charge < -0.3 is 14.8 Å².